The first-order valence-corrected chi connectivity index (χ1v) is 11.6. The second kappa shape index (κ2) is 7.66. The summed E-state index contributed by atoms with van der Waals surface area (Å²) in [5.41, 5.74) is 0.250. The fourth-order valence-electron chi connectivity index (χ4n) is 4.27. The van der Waals surface area contributed by atoms with Crippen molar-refractivity contribution >= 4 is 38.3 Å². The fraction of sp³-hybridized carbons (Fsp3) is 0.292. The monoisotopic (exact) mass is 437 g/mol. The van der Waals surface area contributed by atoms with Crippen LogP contribution in [0.1, 0.15) is 24.2 Å². The first-order chi connectivity index (χ1) is 14.9. The van der Waals surface area contributed by atoms with E-state index in [1.54, 1.807) is 0 Å². The van der Waals surface area contributed by atoms with Crippen LogP contribution in [0.3, 0.4) is 0 Å². The van der Waals surface area contributed by atoms with Gasteiger partial charge in [-0.1, -0.05) is 40.6 Å². The molecule has 0 spiro atoms. The van der Waals surface area contributed by atoms with E-state index in [1.807, 2.05) is 61.5 Å². The number of hydrogen-bond acceptors (Lipinski definition) is 5. The molecule has 2 saturated heterocycles. The number of amides is 2. The number of benzene rings is 2. The van der Waals surface area contributed by atoms with Gasteiger partial charge >= 0.3 is 0 Å². The molecular formula is C24H23NO5S. The fourth-order valence-corrected chi connectivity index (χ4v) is 5.51. The van der Waals surface area contributed by atoms with E-state index in [0.717, 1.165) is 27.8 Å². The van der Waals surface area contributed by atoms with Crippen LogP contribution >= 0.6 is 10.5 Å². The Morgan fingerprint density at radius 3 is 2.81 bits per heavy atom. The van der Waals surface area contributed by atoms with Gasteiger partial charge in [-0.15, -0.1) is 0 Å². The Kier molecular flexibility index (Phi) is 4.95. The van der Waals surface area contributed by atoms with E-state index < -0.39 is 21.3 Å². The number of rotatable bonds is 4. The summed E-state index contributed by atoms with van der Waals surface area (Å²) in [4.78, 5) is 23.9. The third kappa shape index (κ3) is 3.58. The zero-order chi connectivity index (χ0) is 21.6. The molecule has 1 aliphatic carbocycles. The van der Waals surface area contributed by atoms with Crippen molar-refractivity contribution in [1.29, 1.82) is 0 Å². The van der Waals surface area contributed by atoms with Crippen LogP contribution in [0.2, 0.25) is 0 Å². The normalized spacial score (nSPS) is 28.5. The average molecular weight is 438 g/mol. The summed E-state index contributed by atoms with van der Waals surface area (Å²) in [5, 5.41) is 3.51. The highest BCUT2D eigenvalue weighted by molar-refractivity contribution is 8.28. The van der Waals surface area contributed by atoms with E-state index in [2.05, 4.69) is 11.2 Å². The molecule has 0 saturated carbocycles. The van der Waals surface area contributed by atoms with Crippen molar-refractivity contribution in [3.8, 4) is 5.75 Å². The Labute approximate surface area is 182 Å². The maximum Gasteiger partial charge on any atom is 0.280 e. The third-order valence-corrected chi connectivity index (χ3v) is 7.61. The summed E-state index contributed by atoms with van der Waals surface area (Å²) in [6.07, 6.45) is 6.42. The van der Waals surface area contributed by atoms with Crippen LogP contribution in [-0.2, 0) is 14.3 Å². The van der Waals surface area contributed by atoms with Crippen molar-refractivity contribution < 1.29 is 23.8 Å². The van der Waals surface area contributed by atoms with Gasteiger partial charge in [0.25, 0.3) is 5.24 Å². The first-order valence-electron chi connectivity index (χ1n) is 10.2. The van der Waals surface area contributed by atoms with Crippen LogP contribution in [0.25, 0.3) is 10.8 Å². The van der Waals surface area contributed by atoms with Crippen LogP contribution < -0.4 is 10.1 Å². The van der Waals surface area contributed by atoms with E-state index >= 15 is 0 Å². The number of carbonyl (C=O) groups is 2. The zero-order valence-corrected chi connectivity index (χ0v) is 17.9. The van der Waals surface area contributed by atoms with Gasteiger partial charge in [0.1, 0.15) is 29.3 Å². The molecule has 5 rings (SSSR count). The molecule has 4 atom stereocenters. The standard InChI is InChI=1S/C24H23NO5S/c1-15(24-9-3-4-20(14-24)28-10-11-29-24)30-19-8-7-16-12-18(6-5-17(16)13-19)21-22(26)25-23(27)31(21)2/h3-9,12-13,15,21H,2,10-11,14H2,1H3,(H,25,26,27). The van der Waals surface area contributed by atoms with Gasteiger partial charge in [0.05, 0.1) is 12.4 Å². The molecule has 2 aromatic rings. The Balaban J connectivity index is 1.39. The highest BCUT2D eigenvalue weighted by Crippen LogP contribution is 2.40. The maximum absolute atomic E-state index is 12.2. The minimum atomic E-state index is -0.909. The van der Waals surface area contributed by atoms with Crippen molar-refractivity contribution in [2.24, 2.45) is 0 Å². The molecule has 2 aliphatic heterocycles. The van der Waals surface area contributed by atoms with Gasteiger partial charge in [0.2, 0.25) is 5.91 Å². The smallest absolute Gasteiger partial charge is 0.280 e. The quantitative estimate of drug-likeness (QED) is 0.725. The van der Waals surface area contributed by atoms with Crippen molar-refractivity contribution in [3.05, 3.63) is 65.9 Å². The van der Waals surface area contributed by atoms with Crippen molar-refractivity contribution in [3.63, 3.8) is 0 Å². The van der Waals surface area contributed by atoms with E-state index in [9.17, 15) is 9.59 Å². The molecule has 1 N–H and O–H groups in total. The largest absolute Gasteiger partial charge is 0.495 e. The summed E-state index contributed by atoms with van der Waals surface area (Å²) in [5.74, 6) is 5.25. The number of allylic oxidation sites excluding steroid dienone is 2. The van der Waals surface area contributed by atoms with E-state index in [-0.39, 0.29) is 17.3 Å². The average Bonchev–Trinajstić information content (AvgIpc) is 2.92. The molecule has 2 amide bonds. The summed E-state index contributed by atoms with van der Waals surface area (Å²) in [6, 6.07) is 11.6. The van der Waals surface area contributed by atoms with Gasteiger partial charge in [-0.3, -0.25) is 14.9 Å². The van der Waals surface area contributed by atoms with Gasteiger partial charge in [0.15, 0.2) is 0 Å². The van der Waals surface area contributed by atoms with E-state index in [4.69, 9.17) is 14.2 Å². The second-order valence-corrected chi connectivity index (χ2v) is 9.63. The first kappa shape index (κ1) is 20.0. The van der Waals surface area contributed by atoms with Crippen molar-refractivity contribution in [1.82, 2.24) is 5.32 Å². The lowest BCUT2D eigenvalue weighted by Gasteiger charge is -2.36. The Morgan fingerprint density at radius 2 is 2.00 bits per heavy atom. The molecular weight excluding hydrogens is 414 g/mol. The lowest BCUT2D eigenvalue weighted by atomic mass is 9.88. The SMILES string of the molecule is C=S1C(=O)NC(=O)C1c1ccc2cc(OC(C)C34C=CC=C(C3)OCCO4)ccc2c1. The number of ether oxygens (including phenoxy) is 3. The highest BCUT2D eigenvalue weighted by atomic mass is 32.2. The number of carbonyl (C=O) groups excluding carboxylic acids is 2. The molecule has 4 unspecified atom stereocenters. The van der Waals surface area contributed by atoms with Crippen LogP contribution in [0.4, 0.5) is 4.79 Å². The molecule has 2 heterocycles. The molecule has 31 heavy (non-hydrogen) atoms. The minimum absolute atomic E-state index is 0.216. The summed E-state index contributed by atoms with van der Waals surface area (Å²) >= 11 is 0. The van der Waals surface area contributed by atoms with Crippen LogP contribution in [-0.4, -0.2) is 41.9 Å². The van der Waals surface area contributed by atoms with Gasteiger partial charge in [-0.25, -0.2) is 0 Å². The molecule has 0 aromatic heterocycles. The summed E-state index contributed by atoms with van der Waals surface area (Å²) in [6.45, 7) is 3.07. The zero-order valence-electron chi connectivity index (χ0n) is 17.1. The van der Waals surface area contributed by atoms with E-state index in [0.29, 0.717) is 19.6 Å². The summed E-state index contributed by atoms with van der Waals surface area (Å²) in [7, 11) is -0.909. The van der Waals surface area contributed by atoms with Crippen molar-refractivity contribution in [2.45, 2.75) is 30.3 Å². The lowest BCUT2D eigenvalue weighted by molar-refractivity contribution is -0.119. The second-order valence-electron chi connectivity index (χ2n) is 7.93. The van der Waals surface area contributed by atoms with Crippen molar-refractivity contribution in [2.75, 3.05) is 13.2 Å². The van der Waals surface area contributed by atoms with E-state index in [1.165, 1.54) is 0 Å². The predicted molar refractivity (Wildman–Crippen MR) is 122 cm³/mol. The van der Waals surface area contributed by atoms with Gasteiger partial charge in [0, 0.05) is 6.42 Å². The Morgan fingerprint density at radius 1 is 1.19 bits per heavy atom. The van der Waals surface area contributed by atoms with Gasteiger partial charge < -0.3 is 14.2 Å². The molecule has 2 fully saturated rings. The number of fused-ring (bicyclic) bond motifs is 3. The minimum Gasteiger partial charge on any atom is -0.495 e. The Bertz CT molecular complexity index is 1170. The van der Waals surface area contributed by atoms with Gasteiger partial charge in [-0.05, 0) is 53.6 Å². The third-order valence-electron chi connectivity index (χ3n) is 5.98. The highest BCUT2D eigenvalue weighted by Gasteiger charge is 2.41. The van der Waals surface area contributed by atoms with Crippen LogP contribution in [0.15, 0.2) is 60.4 Å². The lowest BCUT2D eigenvalue weighted by Crippen LogP contribution is -2.45. The molecule has 3 aliphatic rings. The molecule has 2 aromatic carbocycles. The Hall–Kier alpha value is -2.90. The van der Waals surface area contributed by atoms with Gasteiger partial charge in [-0.2, -0.15) is 0 Å². The number of imide groups is 1. The number of hydrogen-bond donors (Lipinski definition) is 1. The number of nitrogens with one attached hydrogen (secondary N) is 1. The molecule has 160 valence electrons. The topological polar surface area (TPSA) is 73.9 Å². The molecule has 0 radical (unpaired) electrons. The van der Waals surface area contributed by atoms with Crippen LogP contribution in [0, 0.1) is 0 Å². The maximum atomic E-state index is 12.2. The molecule has 7 heteroatoms. The molecule has 2 bridgehead atoms. The predicted octanol–water partition coefficient (Wildman–Crippen LogP) is 4.23. The molecule has 6 nitrogen and oxygen atoms in total. The summed E-state index contributed by atoms with van der Waals surface area (Å²) < 4.78 is 18.1. The van der Waals surface area contributed by atoms with Crippen LogP contribution in [0.5, 0.6) is 5.75 Å².